The molecule has 2 N–H and O–H groups in total. The Bertz CT molecular complexity index is 1220. The maximum absolute atomic E-state index is 13.4. The van der Waals surface area contributed by atoms with E-state index in [1.165, 1.54) is 4.31 Å². The first-order valence-corrected chi connectivity index (χ1v) is 14.3. The van der Waals surface area contributed by atoms with E-state index in [0.29, 0.717) is 36.8 Å². The zero-order chi connectivity index (χ0) is 27.5. The van der Waals surface area contributed by atoms with Crippen molar-refractivity contribution in [3.63, 3.8) is 0 Å². The molecule has 8 nitrogen and oxygen atoms in total. The summed E-state index contributed by atoms with van der Waals surface area (Å²) in [5.74, 6) is 1.02. The van der Waals surface area contributed by atoms with Crippen LogP contribution in [0, 0.1) is 0 Å². The van der Waals surface area contributed by atoms with Crippen LogP contribution in [0.15, 0.2) is 53.2 Å². The van der Waals surface area contributed by atoms with Crippen LogP contribution in [0.4, 0.5) is 30.6 Å². The molecular weight excluding hydrogens is 517 g/mol. The van der Waals surface area contributed by atoms with Crippen LogP contribution in [0.2, 0.25) is 0 Å². The highest BCUT2D eigenvalue weighted by molar-refractivity contribution is 7.89. The monoisotopic (exact) mass is 552 g/mol. The molecule has 38 heavy (non-hydrogen) atoms. The first-order valence-electron chi connectivity index (χ1n) is 12.9. The van der Waals surface area contributed by atoms with Gasteiger partial charge in [-0.25, -0.2) is 13.4 Å². The van der Waals surface area contributed by atoms with Gasteiger partial charge in [-0.1, -0.05) is 6.08 Å². The van der Waals surface area contributed by atoms with Gasteiger partial charge in [0.15, 0.2) is 0 Å². The molecule has 208 valence electrons. The Morgan fingerprint density at radius 2 is 1.82 bits per heavy atom. The molecule has 1 aromatic heterocycles. The lowest BCUT2D eigenvalue weighted by Crippen LogP contribution is -2.51. The summed E-state index contributed by atoms with van der Waals surface area (Å²) in [6.45, 7) is 4.26. The highest BCUT2D eigenvalue weighted by atomic mass is 32.2. The molecule has 0 amide bonds. The molecule has 3 heterocycles. The summed E-state index contributed by atoms with van der Waals surface area (Å²) < 4.78 is 66.0. The topological polar surface area (TPSA) is 90.5 Å². The van der Waals surface area contributed by atoms with Crippen molar-refractivity contribution >= 4 is 27.5 Å². The molecule has 2 aromatic rings. The molecule has 12 heteroatoms. The number of hydrogen-bond acceptors (Lipinski definition) is 7. The van der Waals surface area contributed by atoms with Crippen molar-refractivity contribution in [2.75, 3.05) is 24.2 Å². The summed E-state index contributed by atoms with van der Waals surface area (Å²) in [6, 6.07) is 8.28. The van der Waals surface area contributed by atoms with Gasteiger partial charge in [-0.05, 0) is 82.8 Å². The Labute approximate surface area is 222 Å². The number of anilines is 3. The lowest BCUT2D eigenvalue weighted by Gasteiger charge is -2.41. The third-order valence-corrected chi connectivity index (χ3v) is 9.38. The second-order valence-corrected chi connectivity index (χ2v) is 12.0. The zero-order valence-corrected chi connectivity index (χ0v) is 22.7. The number of alkyl halides is 3. The number of halogens is 3. The molecule has 2 atom stereocenters. The number of fused-ring (bicyclic) bond motifs is 2. The molecule has 4 rings (SSSR count). The van der Waals surface area contributed by atoms with E-state index in [9.17, 15) is 21.6 Å². The Morgan fingerprint density at radius 1 is 1.16 bits per heavy atom. The van der Waals surface area contributed by atoms with Crippen molar-refractivity contribution < 1.29 is 21.6 Å². The zero-order valence-electron chi connectivity index (χ0n) is 21.9. The molecule has 2 fully saturated rings. The normalized spacial score (nSPS) is 22.6. The molecule has 2 saturated heterocycles. The quantitative estimate of drug-likeness (QED) is 0.402. The number of piperidine rings is 1. The number of nitrogens with zero attached hydrogens (tertiary/aromatic N) is 4. The number of rotatable bonds is 10. The molecule has 0 radical (unpaired) electrons. The third-order valence-electron chi connectivity index (χ3n) is 7.45. The fourth-order valence-electron chi connectivity index (χ4n) is 5.33. The minimum absolute atomic E-state index is 0.0803. The van der Waals surface area contributed by atoms with Crippen molar-refractivity contribution in [3.05, 3.63) is 48.3 Å². The maximum atomic E-state index is 13.4. The summed E-state index contributed by atoms with van der Waals surface area (Å²) in [5.41, 5.74) is 1.60. The highest BCUT2D eigenvalue weighted by Gasteiger charge is 2.44. The molecule has 2 aliphatic heterocycles. The fourth-order valence-corrected chi connectivity index (χ4v) is 6.71. The Morgan fingerprint density at radius 3 is 2.42 bits per heavy atom. The van der Waals surface area contributed by atoms with Crippen LogP contribution in [-0.4, -0.2) is 65.5 Å². The summed E-state index contributed by atoms with van der Waals surface area (Å²) >= 11 is 0. The molecular formula is C26H35F3N6O2S. The Kier molecular flexibility index (Phi) is 8.63. The maximum Gasteiger partial charge on any atom is 0.389 e. The number of hydrogen-bond donors (Lipinski definition) is 2. The number of nitrogens with one attached hydrogen (secondary N) is 2. The van der Waals surface area contributed by atoms with E-state index in [1.807, 2.05) is 19.9 Å². The molecule has 0 saturated carbocycles. The minimum atomic E-state index is -4.14. The van der Waals surface area contributed by atoms with E-state index in [4.69, 9.17) is 0 Å². The predicted octanol–water partition coefficient (Wildman–Crippen LogP) is 5.51. The number of allylic oxidation sites excluding steroid dienone is 2. The van der Waals surface area contributed by atoms with Gasteiger partial charge in [-0.3, -0.25) is 4.90 Å². The van der Waals surface area contributed by atoms with Crippen molar-refractivity contribution in [1.29, 1.82) is 0 Å². The summed E-state index contributed by atoms with van der Waals surface area (Å²) in [5, 5.41) is 6.25. The Hall–Kier alpha value is -2.70. The highest BCUT2D eigenvalue weighted by Crippen LogP contribution is 2.39. The molecule has 1 aromatic carbocycles. The van der Waals surface area contributed by atoms with Crippen molar-refractivity contribution in [3.8, 4) is 0 Å². The van der Waals surface area contributed by atoms with Gasteiger partial charge in [0.05, 0.1) is 4.90 Å². The lowest BCUT2D eigenvalue weighted by molar-refractivity contribution is -0.136. The standard InChI is InChI=1S/C26H35F3N6O2S/c1-4-18(2)31-24-12-14-30-25(33-24)32-19-6-10-23(11-7-19)38(36,37)34(3)22-16-20-8-9-21(17-22)35(20)15-5-13-26(27,28)29/h4,6-7,10-12,14,20-22H,5,8-9,13,15-17H2,1-3H3,(H2,30,31,32,33)/b18-4+. The van der Waals surface area contributed by atoms with Gasteiger partial charge >= 0.3 is 6.18 Å². The fraction of sp³-hybridized carbons (Fsp3) is 0.538. The van der Waals surface area contributed by atoms with Crippen LogP contribution >= 0.6 is 0 Å². The van der Waals surface area contributed by atoms with E-state index in [0.717, 1.165) is 18.5 Å². The second-order valence-electron chi connectivity index (χ2n) is 10.00. The lowest BCUT2D eigenvalue weighted by atomic mass is 9.97. The van der Waals surface area contributed by atoms with E-state index in [2.05, 4.69) is 25.5 Å². The summed E-state index contributed by atoms with van der Waals surface area (Å²) in [4.78, 5) is 11.0. The largest absolute Gasteiger partial charge is 0.389 e. The van der Waals surface area contributed by atoms with Gasteiger partial charge in [0, 0.05) is 49.2 Å². The first-order chi connectivity index (χ1) is 18.0. The van der Waals surface area contributed by atoms with Crippen LogP contribution in [0.3, 0.4) is 0 Å². The average molecular weight is 553 g/mol. The molecule has 2 aliphatic rings. The molecule has 2 bridgehead atoms. The SMILES string of the molecule is C/C=C(\C)Nc1ccnc(Nc2ccc(S(=O)(=O)N(C)C3CC4CCC(C3)N4CCCC(F)(F)F)cc2)n1. The van der Waals surface area contributed by atoms with Crippen molar-refractivity contribution in [1.82, 2.24) is 19.2 Å². The first kappa shape index (κ1) is 28.3. The van der Waals surface area contributed by atoms with E-state index in [1.54, 1.807) is 43.6 Å². The third kappa shape index (κ3) is 6.83. The van der Waals surface area contributed by atoms with E-state index < -0.39 is 22.6 Å². The smallest absolute Gasteiger partial charge is 0.344 e. The van der Waals surface area contributed by atoms with Crippen LogP contribution in [-0.2, 0) is 10.0 Å². The average Bonchev–Trinajstić information content (AvgIpc) is 3.09. The van der Waals surface area contributed by atoms with Crippen molar-refractivity contribution in [2.45, 2.75) is 81.6 Å². The molecule has 0 aliphatic carbocycles. The van der Waals surface area contributed by atoms with E-state index >= 15 is 0 Å². The second kappa shape index (κ2) is 11.6. The number of aromatic nitrogens is 2. The summed E-state index contributed by atoms with van der Waals surface area (Å²) in [7, 11) is -2.13. The van der Waals surface area contributed by atoms with Gasteiger partial charge in [0.2, 0.25) is 16.0 Å². The van der Waals surface area contributed by atoms with Gasteiger partial charge in [-0.2, -0.15) is 22.5 Å². The predicted molar refractivity (Wildman–Crippen MR) is 142 cm³/mol. The van der Waals surface area contributed by atoms with Crippen LogP contribution in [0.25, 0.3) is 0 Å². The number of sulfonamides is 1. The van der Waals surface area contributed by atoms with Crippen LogP contribution < -0.4 is 10.6 Å². The Balaban J connectivity index is 1.37. The molecule has 0 spiro atoms. The number of benzene rings is 1. The van der Waals surface area contributed by atoms with Crippen LogP contribution in [0.5, 0.6) is 0 Å². The van der Waals surface area contributed by atoms with Gasteiger partial charge in [0.25, 0.3) is 0 Å². The van der Waals surface area contributed by atoms with Crippen LogP contribution in [0.1, 0.15) is 52.4 Å². The van der Waals surface area contributed by atoms with Gasteiger partial charge < -0.3 is 10.6 Å². The van der Waals surface area contributed by atoms with E-state index in [-0.39, 0.29) is 29.4 Å². The summed E-state index contributed by atoms with van der Waals surface area (Å²) in [6.07, 6.45) is 1.77. The van der Waals surface area contributed by atoms with Crippen molar-refractivity contribution in [2.24, 2.45) is 0 Å². The van der Waals surface area contributed by atoms with Gasteiger partial charge in [0.1, 0.15) is 5.82 Å². The minimum Gasteiger partial charge on any atom is -0.344 e. The molecule has 2 unspecified atom stereocenters. The van der Waals surface area contributed by atoms with Gasteiger partial charge in [-0.15, -0.1) is 0 Å².